The number of nitrogens with zero attached hydrogens (tertiary/aromatic N) is 3. The Morgan fingerprint density at radius 3 is 2.20 bits per heavy atom. The first-order valence-electron chi connectivity index (χ1n) is 11.4. The summed E-state index contributed by atoms with van der Waals surface area (Å²) in [6, 6.07) is 24.0. The molecule has 3 N–H and O–H groups in total. The normalized spacial score (nSPS) is 11.4. The Labute approximate surface area is 204 Å². The van der Waals surface area contributed by atoms with Crippen molar-refractivity contribution in [3.63, 3.8) is 0 Å². The first kappa shape index (κ1) is 24.3. The molecule has 4 rings (SSSR count). The van der Waals surface area contributed by atoms with E-state index in [1.54, 1.807) is 6.07 Å². The van der Waals surface area contributed by atoms with Crippen LogP contribution in [0.5, 0.6) is 0 Å². The molecule has 0 spiro atoms. The van der Waals surface area contributed by atoms with E-state index in [2.05, 4.69) is 15.5 Å². The number of imidazole rings is 1. The third-order valence-electron chi connectivity index (χ3n) is 5.54. The molecule has 0 aliphatic carbocycles. The minimum absolute atomic E-state index is 0.0131. The molecule has 0 atom stereocenters. The van der Waals surface area contributed by atoms with E-state index in [0.717, 1.165) is 23.1 Å². The van der Waals surface area contributed by atoms with Gasteiger partial charge in [-0.2, -0.15) is 5.10 Å². The molecule has 4 aromatic rings. The number of carbonyl (C=O) groups excluding carboxylic acids is 1. The molecular formula is C26H27N5O3S. The highest BCUT2D eigenvalue weighted by Gasteiger charge is 2.16. The van der Waals surface area contributed by atoms with Gasteiger partial charge in [-0.25, -0.2) is 24.0 Å². The summed E-state index contributed by atoms with van der Waals surface area (Å²) in [4.78, 5) is 17.3. The number of aromatic nitrogens is 2. The summed E-state index contributed by atoms with van der Waals surface area (Å²) in [7, 11) is -3.83. The number of nitrogens with one attached hydrogen (secondary N) is 1. The summed E-state index contributed by atoms with van der Waals surface area (Å²) < 4.78 is 25.4. The molecule has 1 aromatic heterocycles. The highest BCUT2D eigenvalue weighted by Crippen LogP contribution is 2.21. The van der Waals surface area contributed by atoms with Gasteiger partial charge in [-0.3, -0.25) is 4.79 Å². The average molecular weight is 490 g/mol. The van der Waals surface area contributed by atoms with Crippen molar-refractivity contribution in [3.8, 4) is 0 Å². The topological polar surface area (TPSA) is 119 Å². The summed E-state index contributed by atoms with van der Waals surface area (Å²) in [5.41, 5.74) is 6.49. The van der Waals surface area contributed by atoms with Crippen molar-refractivity contribution in [2.75, 3.05) is 0 Å². The smallest absolute Gasteiger partial charge is 0.240 e. The Morgan fingerprint density at radius 2 is 1.63 bits per heavy atom. The Hall–Kier alpha value is -3.82. The van der Waals surface area contributed by atoms with Crippen LogP contribution in [0.25, 0.3) is 11.0 Å². The van der Waals surface area contributed by atoms with Gasteiger partial charge in [0.25, 0.3) is 0 Å². The highest BCUT2D eigenvalue weighted by atomic mass is 32.2. The van der Waals surface area contributed by atoms with Crippen LogP contribution in [-0.2, 0) is 27.8 Å². The van der Waals surface area contributed by atoms with E-state index in [1.165, 1.54) is 12.1 Å². The minimum atomic E-state index is -3.83. The number of fused-ring (bicyclic) bond motifs is 1. The summed E-state index contributed by atoms with van der Waals surface area (Å²) in [5.74, 6) is 0.466. The second-order valence-electron chi connectivity index (χ2n) is 8.10. The van der Waals surface area contributed by atoms with Crippen molar-refractivity contribution in [2.45, 2.75) is 37.6 Å². The van der Waals surface area contributed by atoms with E-state index < -0.39 is 10.0 Å². The molecular weight excluding hydrogens is 462 g/mol. The molecule has 3 aromatic carbocycles. The maximum Gasteiger partial charge on any atom is 0.240 e. The molecule has 0 saturated carbocycles. The predicted octanol–water partition coefficient (Wildman–Crippen LogP) is 3.60. The highest BCUT2D eigenvalue weighted by molar-refractivity contribution is 7.89. The number of rotatable bonds is 9. The van der Waals surface area contributed by atoms with Gasteiger partial charge >= 0.3 is 0 Å². The number of amides is 1. The van der Waals surface area contributed by atoms with Crippen LogP contribution in [0, 0.1) is 0 Å². The molecule has 8 nitrogen and oxygen atoms in total. The zero-order chi connectivity index (χ0) is 24.8. The van der Waals surface area contributed by atoms with Crippen LogP contribution >= 0.6 is 0 Å². The van der Waals surface area contributed by atoms with Gasteiger partial charge in [-0.1, -0.05) is 67.6 Å². The molecule has 0 aliphatic heterocycles. The number of hydrogen-bond acceptors (Lipinski definition) is 5. The van der Waals surface area contributed by atoms with Crippen LogP contribution in [0.2, 0.25) is 0 Å². The maximum atomic E-state index is 12.7. The van der Waals surface area contributed by atoms with Gasteiger partial charge in [0, 0.05) is 30.5 Å². The molecule has 180 valence electrons. The monoisotopic (exact) mass is 489 g/mol. The first-order chi connectivity index (χ1) is 16.9. The van der Waals surface area contributed by atoms with Crippen LogP contribution < -0.4 is 10.6 Å². The fourth-order valence-corrected chi connectivity index (χ4v) is 4.42. The number of nitrogens with two attached hydrogens (primary N) is 1. The van der Waals surface area contributed by atoms with Gasteiger partial charge in [-0.05, 0) is 24.6 Å². The number of carbonyl (C=O) groups is 1. The molecule has 0 fully saturated rings. The molecule has 0 aliphatic rings. The van der Waals surface area contributed by atoms with Gasteiger partial charge in [0.1, 0.15) is 5.82 Å². The third kappa shape index (κ3) is 5.82. The van der Waals surface area contributed by atoms with Crippen LogP contribution in [-0.4, -0.2) is 29.6 Å². The lowest BCUT2D eigenvalue weighted by molar-refractivity contribution is -0.121. The second kappa shape index (κ2) is 10.6. The van der Waals surface area contributed by atoms with E-state index in [-0.39, 0.29) is 17.2 Å². The lowest BCUT2D eigenvalue weighted by Gasteiger charge is -2.09. The number of primary sulfonamides is 1. The van der Waals surface area contributed by atoms with Gasteiger partial charge in [-0.15, -0.1) is 0 Å². The van der Waals surface area contributed by atoms with Gasteiger partial charge in [0.15, 0.2) is 0 Å². The van der Waals surface area contributed by atoms with E-state index in [9.17, 15) is 13.2 Å². The van der Waals surface area contributed by atoms with Crippen molar-refractivity contribution in [1.29, 1.82) is 0 Å². The predicted molar refractivity (Wildman–Crippen MR) is 136 cm³/mol. The number of benzene rings is 3. The largest absolute Gasteiger partial charge is 0.328 e. The fourth-order valence-electron chi connectivity index (χ4n) is 3.89. The minimum Gasteiger partial charge on any atom is -0.328 e. The summed E-state index contributed by atoms with van der Waals surface area (Å²) in [6.45, 7) is 2.75. The molecule has 1 heterocycles. The lowest BCUT2D eigenvalue weighted by Crippen LogP contribution is -2.21. The Morgan fingerprint density at radius 1 is 1.00 bits per heavy atom. The van der Waals surface area contributed by atoms with Crippen LogP contribution in [0.15, 0.2) is 88.9 Å². The Bertz CT molecular complexity index is 1420. The molecule has 0 unspecified atom stereocenters. The maximum absolute atomic E-state index is 12.7. The van der Waals surface area contributed by atoms with Crippen LogP contribution in [0.3, 0.4) is 0 Å². The van der Waals surface area contributed by atoms with Crippen molar-refractivity contribution >= 4 is 32.7 Å². The quantitative estimate of drug-likeness (QED) is 0.276. The average Bonchev–Trinajstić information content (AvgIpc) is 3.20. The standard InChI is InChI=1S/C26H27N5O3S/c1-2-17-31-23-14-13-21(35(27,33)34)18-22(23)28-24(31)15-16-25(32)29-30-26(19-9-5-3-6-10-19)20-11-7-4-8-12-20/h3-14,18H,2,15-17H2,1H3,(H,29,32)(H2,27,33,34). The van der Waals surface area contributed by atoms with E-state index >= 15 is 0 Å². The van der Waals surface area contributed by atoms with Crippen molar-refractivity contribution in [1.82, 2.24) is 15.0 Å². The number of hydrazone groups is 1. The van der Waals surface area contributed by atoms with Gasteiger partial charge in [0.05, 0.1) is 21.6 Å². The zero-order valence-electron chi connectivity index (χ0n) is 19.4. The molecule has 1 amide bonds. The zero-order valence-corrected chi connectivity index (χ0v) is 20.2. The van der Waals surface area contributed by atoms with E-state index in [1.807, 2.05) is 72.2 Å². The van der Waals surface area contributed by atoms with E-state index in [0.29, 0.717) is 30.0 Å². The molecule has 0 saturated heterocycles. The van der Waals surface area contributed by atoms with Crippen LogP contribution in [0.1, 0.15) is 36.7 Å². The summed E-state index contributed by atoms with van der Waals surface area (Å²) in [5, 5.41) is 9.69. The fraction of sp³-hybridized carbons (Fsp3) is 0.192. The first-order valence-corrected chi connectivity index (χ1v) is 12.9. The number of aryl methyl sites for hydroxylation is 2. The molecule has 0 bridgehead atoms. The van der Waals surface area contributed by atoms with Crippen molar-refractivity contribution in [2.24, 2.45) is 10.2 Å². The summed E-state index contributed by atoms with van der Waals surface area (Å²) >= 11 is 0. The third-order valence-corrected chi connectivity index (χ3v) is 6.45. The van der Waals surface area contributed by atoms with E-state index in [4.69, 9.17) is 5.14 Å². The molecule has 0 radical (unpaired) electrons. The van der Waals surface area contributed by atoms with Gasteiger partial charge in [0.2, 0.25) is 15.9 Å². The number of sulfonamides is 1. The Balaban J connectivity index is 1.54. The second-order valence-corrected chi connectivity index (χ2v) is 9.66. The Kier molecular flexibility index (Phi) is 7.38. The van der Waals surface area contributed by atoms with Crippen LogP contribution in [0.4, 0.5) is 0 Å². The van der Waals surface area contributed by atoms with Crippen molar-refractivity contribution in [3.05, 3.63) is 95.8 Å². The van der Waals surface area contributed by atoms with Gasteiger partial charge < -0.3 is 4.57 Å². The lowest BCUT2D eigenvalue weighted by atomic mass is 10.0. The van der Waals surface area contributed by atoms with Crippen molar-refractivity contribution < 1.29 is 13.2 Å². The molecule has 9 heteroatoms. The summed E-state index contributed by atoms with van der Waals surface area (Å²) in [6.07, 6.45) is 1.42. The SMILES string of the molecule is CCCn1c(CCC(=O)NN=C(c2ccccc2)c2ccccc2)nc2cc(S(N)(=O)=O)ccc21. The molecule has 35 heavy (non-hydrogen) atoms. The number of hydrogen-bond donors (Lipinski definition) is 2.